The van der Waals surface area contributed by atoms with Crippen LogP contribution in [0.1, 0.15) is 61.0 Å². The van der Waals surface area contributed by atoms with Crippen LogP contribution in [0.4, 0.5) is 5.69 Å². The number of hydrogen-bond donors (Lipinski definition) is 1. The normalized spacial score (nSPS) is 16.8. The first-order valence-electron chi connectivity index (χ1n) is 11.5. The Hall–Kier alpha value is -2.71. The first-order chi connectivity index (χ1) is 16.1. The molecule has 0 unspecified atom stereocenters. The van der Waals surface area contributed by atoms with Gasteiger partial charge in [-0.05, 0) is 62.4 Å². The first-order valence-corrected chi connectivity index (χ1v) is 13.2. The molecule has 168 valence electrons. The molecule has 2 heterocycles. The highest BCUT2D eigenvalue weighted by atomic mass is 32.2. The third-order valence-electron chi connectivity index (χ3n) is 6.11. The molecule has 0 bridgehead atoms. The molecule has 0 spiro atoms. The van der Waals surface area contributed by atoms with Gasteiger partial charge in [-0.2, -0.15) is 0 Å². The summed E-state index contributed by atoms with van der Waals surface area (Å²) in [6.07, 6.45) is 5.59. The second-order valence-electron chi connectivity index (χ2n) is 8.91. The van der Waals surface area contributed by atoms with Crippen LogP contribution in [-0.4, -0.2) is 30.9 Å². The number of aromatic nitrogens is 4. The van der Waals surface area contributed by atoms with Crippen LogP contribution in [0.15, 0.2) is 53.7 Å². The Labute approximate surface area is 200 Å². The van der Waals surface area contributed by atoms with Gasteiger partial charge in [0.15, 0.2) is 5.16 Å². The van der Waals surface area contributed by atoms with E-state index in [1.54, 1.807) is 11.3 Å². The van der Waals surface area contributed by atoms with Crippen molar-refractivity contribution in [3.05, 3.63) is 64.9 Å². The van der Waals surface area contributed by atoms with Gasteiger partial charge in [-0.3, -0.25) is 4.79 Å². The van der Waals surface area contributed by atoms with Crippen molar-refractivity contribution in [1.82, 2.24) is 19.7 Å². The quantitative estimate of drug-likeness (QED) is 0.326. The number of thiazole rings is 1. The molecule has 2 aliphatic rings. The molecule has 4 aromatic rings. The fourth-order valence-electron chi connectivity index (χ4n) is 4.00. The average Bonchev–Trinajstić information content (AvgIpc) is 3.75. The predicted octanol–water partition coefficient (Wildman–Crippen LogP) is 5.81. The minimum Gasteiger partial charge on any atom is -0.325 e. The fourth-order valence-corrected chi connectivity index (χ4v) is 5.92. The zero-order valence-corrected chi connectivity index (χ0v) is 20.0. The van der Waals surface area contributed by atoms with Gasteiger partial charge in [0.25, 0.3) is 0 Å². The van der Waals surface area contributed by atoms with Gasteiger partial charge < -0.3 is 9.88 Å². The van der Waals surface area contributed by atoms with E-state index < -0.39 is 0 Å². The third-order valence-corrected chi connectivity index (χ3v) is 8.21. The Morgan fingerprint density at radius 3 is 2.64 bits per heavy atom. The Balaban J connectivity index is 1.08. The maximum Gasteiger partial charge on any atom is 0.237 e. The Kier molecular flexibility index (Phi) is 5.42. The number of benzene rings is 2. The molecule has 33 heavy (non-hydrogen) atoms. The van der Waals surface area contributed by atoms with Gasteiger partial charge in [0.2, 0.25) is 5.91 Å². The summed E-state index contributed by atoms with van der Waals surface area (Å²) in [6, 6.07) is 16.8. The highest BCUT2D eigenvalue weighted by Crippen LogP contribution is 2.46. The molecule has 1 amide bonds. The number of thioether (sulfide) groups is 1. The standard InChI is InChI=1S/C25H25N5OS2/c1-15(32-25-29-28-23(17-8-9-17)30(25)19-12-13-19)24(31)26-18-10-6-16(7-11-18)14-22-27-20-4-2-3-5-21(20)33-22/h2-7,10-11,15,17,19H,8-9,12-14H2,1H3,(H,26,31)/t15-/m0/s1. The van der Waals surface area contributed by atoms with Crippen molar-refractivity contribution in [2.75, 3.05) is 5.32 Å². The van der Waals surface area contributed by atoms with Crippen LogP contribution in [0.25, 0.3) is 10.2 Å². The molecular formula is C25H25N5OS2. The van der Waals surface area contributed by atoms with E-state index in [2.05, 4.69) is 38.3 Å². The van der Waals surface area contributed by atoms with E-state index in [9.17, 15) is 4.79 Å². The minimum atomic E-state index is -0.249. The van der Waals surface area contributed by atoms with Crippen LogP contribution < -0.4 is 5.32 Å². The van der Waals surface area contributed by atoms with Gasteiger partial charge in [0, 0.05) is 24.1 Å². The number of para-hydroxylation sites is 1. The van der Waals surface area contributed by atoms with Gasteiger partial charge in [0.1, 0.15) is 5.82 Å². The number of fused-ring (bicyclic) bond motifs is 1. The lowest BCUT2D eigenvalue weighted by molar-refractivity contribution is -0.115. The van der Waals surface area contributed by atoms with E-state index in [0.717, 1.165) is 33.6 Å². The van der Waals surface area contributed by atoms with E-state index in [1.165, 1.54) is 47.7 Å². The van der Waals surface area contributed by atoms with Crippen molar-refractivity contribution in [2.45, 2.75) is 61.4 Å². The molecule has 2 saturated carbocycles. The van der Waals surface area contributed by atoms with Crippen molar-refractivity contribution in [3.63, 3.8) is 0 Å². The molecule has 0 aliphatic heterocycles. The number of nitrogens with one attached hydrogen (secondary N) is 1. The molecule has 0 saturated heterocycles. The summed E-state index contributed by atoms with van der Waals surface area (Å²) in [5, 5.41) is 13.7. The third kappa shape index (κ3) is 4.54. The van der Waals surface area contributed by atoms with Crippen LogP contribution in [-0.2, 0) is 11.2 Å². The van der Waals surface area contributed by atoms with Crippen molar-refractivity contribution < 1.29 is 4.79 Å². The summed E-state index contributed by atoms with van der Waals surface area (Å²) in [5.74, 6) is 1.67. The van der Waals surface area contributed by atoms with Crippen molar-refractivity contribution in [3.8, 4) is 0 Å². The lowest BCUT2D eigenvalue weighted by Crippen LogP contribution is -2.23. The SMILES string of the molecule is C[C@H](Sc1nnc(C2CC2)n1C1CC1)C(=O)Nc1ccc(Cc2nc3ccccc3s2)cc1. The van der Waals surface area contributed by atoms with E-state index >= 15 is 0 Å². The largest absolute Gasteiger partial charge is 0.325 e. The van der Waals surface area contributed by atoms with Crippen molar-refractivity contribution in [2.24, 2.45) is 0 Å². The molecule has 2 aromatic heterocycles. The maximum atomic E-state index is 12.8. The second-order valence-corrected chi connectivity index (χ2v) is 11.3. The Morgan fingerprint density at radius 1 is 1.12 bits per heavy atom. The summed E-state index contributed by atoms with van der Waals surface area (Å²) in [4.78, 5) is 17.6. The number of amides is 1. The summed E-state index contributed by atoms with van der Waals surface area (Å²) in [6.45, 7) is 1.93. The molecule has 1 N–H and O–H groups in total. The van der Waals surface area contributed by atoms with E-state index in [-0.39, 0.29) is 11.2 Å². The number of nitrogens with zero attached hydrogens (tertiary/aromatic N) is 4. The van der Waals surface area contributed by atoms with Gasteiger partial charge in [-0.25, -0.2) is 4.98 Å². The summed E-state index contributed by atoms with van der Waals surface area (Å²) < 4.78 is 3.51. The molecule has 8 heteroatoms. The average molecular weight is 476 g/mol. The zero-order chi connectivity index (χ0) is 22.4. The van der Waals surface area contributed by atoms with E-state index in [0.29, 0.717) is 12.0 Å². The summed E-state index contributed by atoms with van der Waals surface area (Å²) in [5.41, 5.74) is 3.04. The van der Waals surface area contributed by atoms with Gasteiger partial charge in [-0.1, -0.05) is 36.0 Å². The second kappa shape index (κ2) is 8.57. The Morgan fingerprint density at radius 2 is 1.91 bits per heavy atom. The monoisotopic (exact) mass is 475 g/mol. The summed E-state index contributed by atoms with van der Waals surface area (Å²) in [7, 11) is 0. The van der Waals surface area contributed by atoms with Crippen LogP contribution in [0.5, 0.6) is 0 Å². The fraction of sp³-hybridized carbons (Fsp3) is 0.360. The van der Waals surface area contributed by atoms with Crippen LogP contribution in [0, 0.1) is 0 Å². The maximum absolute atomic E-state index is 12.8. The van der Waals surface area contributed by atoms with Gasteiger partial charge in [-0.15, -0.1) is 21.5 Å². The van der Waals surface area contributed by atoms with E-state index in [4.69, 9.17) is 4.98 Å². The van der Waals surface area contributed by atoms with Gasteiger partial charge >= 0.3 is 0 Å². The van der Waals surface area contributed by atoms with Crippen LogP contribution >= 0.6 is 23.1 Å². The number of rotatable bonds is 8. The molecule has 2 fully saturated rings. The molecule has 2 aromatic carbocycles. The zero-order valence-electron chi connectivity index (χ0n) is 18.4. The number of carbonyl (C=O) groups is 1. The minimum absolute atomic E-state index is 0.0164. The van der Waals surface area contributed by atoms with Crippen LogP contribution in [0.3, 0.4) is 0 Å². The van der Waals surface area contributed by atoms with Crippen molar-refractivity contribution >= 4 is 44.9 Å². The molecular weight excluding hydrogens is 450 g/mol. The number of anilines is 1. The number of hydrogen-bond acceptors (Lipinski definition) is 6. The lowest BCUT2D eigenvalue weighted by atomic mass is 10.1. The molecule has 1 atom stereocenters. The highest BCUT2D eigenvalue weighted by Gasteiger charge is 2.37. The number of carbonyl (C=O) groups excluding carboxylic acids is 1. The van der Waals surface area contributed by atoms with E-state index in [1.807, 2.05) is 37.3 Å². The Bertz CT molecular complexity index is 1270. The molecule has 2 aliphatic carbocycles. The summed E-state index contributed by atoms with van der Waals surface area (Å²) >= 11 is 3.24. The topological polar surface area (TPSA) is 72.7 Å². The smallest absolute Gasteiger partial charge is 0.237 e. The molecule has 6 nitrogen and oxygen atoms in total. The first kappa shape index (κ1) is 20.9. The predicted molar refractivity (Wildman–Crippen MR) is 133 cm³/mol. The van der Waals surface area contributed by atoms with Crippen molar-refractivity contribution in [1.29, 1.82) is 0 Å². The van der Waals surface area contributed by atoms with Crippen LogP contribution in [0.2, 0.25) is 0 Å². The van der Waals surface area contributed by atoms with Gasteiger partial charge in [0.05, 0.1) is 20.5 Å². The molecule has 0 radical (unpaired) electrons. The highest BCUT2D eigenvalue weighted by molar-refractivity contribution is 8.00. The lowest BCUT2D eigenvalue weighted by Gasteiger charge is -2.13. The molecule has 6 rings (SSSR count).